The molecular formula is C27H30N6O3. The van der Waals surface area contributed by atoms with Crippen molar-refractivity contribution < 1.29 is 9.59 Å². The maximum Gasteiger partial charge on any atom is 0.250 e. The predicted molar refractivity (Wildman–Crippen MR) is 138 cm³/mol. The number of carbonyl (C=O) groups is 2. The second-order valence-corrected chi connectivity index (χ2v) is 8.81. The van der Waals surface area contributed by atoms with E-state index in [1.165, 1.54) is 12.1 Å². The van der Waals surface area contributed by atoms with E-state index in [-0.39, 0.29) is 22.9 Å². The molecule has 0 bridgehead atoms. The summed E-state index contributed by atoms with van der Waals surface area (Å²) in [5.74, 6) is -0.229. The number of hydrogen-bond acceptors (Lipinski definition) is 7. The summed E-state index contributed by atoms with van der Waals surface area (Å²) in [6.07, 6.45) is 6.04. The third-order valence-electron chi connectivity index (χ3n) is 6.21. The van der Waals surface area contributed by atoms with E-state index in [1.807, 2.05) is 31.3 Å². The van der Waals surface area contributed by atoms with Crippen molar-refractivity contribution in [2.24, 2.45) is 5.73 Å². The Bertz CT molecular complexity index is 1360. The number of nitrogens with one attached hydrogen (secondary N) is 1. The largest absolute Gasteiger partial charge is 0.398 e. The number of amides is 1. The molecule has 0 spiro atoms. The molecule has 1 aliphatic heterocycles. The minimum absolute atomic E-state index is 0.119. The van der Waals surface area contributed by atoms with E-state index in [9.17, 15) is 14.4 Å². The van der Waals surface area contributed by atoms with Gasteiger partial charge in [-0.25, -0.2) is 4.98 Å². The minimum atomic E-state index is -0.348. The van der Waals surface area contributed by atoms with Crippen molar-refractivity contribution in [1.29, 1.82) is 0 Å². The van der Waals surface area contributed by atoms with Crippen LogP contribution in [0.4, 0.5) is 0 Å². The van der Waals surface area contributed by atoms with Crippen LogP contribution in [0.2, 0.25) is 0 Å². The molecule has 1 aliphatic rings. The summed E-state index contributed by atoms with van der Waals surface area (Å²) in [4.78, 5) is 48.0. The first-order chi connectivity index (χ1) is 17.4. The second-order valence-electron chi connectivity index (χ2n) is 8.81. The number of nitrogens with two attached hydrogens (primary N) is 1. The van der Waals surface area contributed by atoms with Crippen LogP contribution in [0.15, 0.2) is 59.7 Å². The first kappa shape index (κ1) is 25.0. The molecule has 0 saturated carbocycles. The summed E-state index contributed by atoms with van der Waals surface area (Å²) in [7, 11) is 1.88. The molecule has 2 aromatic heterocycles. The number of benzene rings is 1. The molecule has 1 amide bonds. The summed E-state index contributed by atoms with van der Waals surface area (Å²) in [6.45, 7) is 4.04. The third-order valence-corrected chi connectivity index (χ3v) is 6.21. The Labute approximate surface area is 209 Å². The van der Waals surface area contributed by atoms with Gasteiger partial charge in [0.15, 0.2) is 0 Å². The van der Waals surface area contributed by atoms with Gasteiger partial charge >= 0.3 is 0 Å². The molecule has 4 rings (SSSR count). The van der Waals surface area contributed by atoms with Crippen LogP contribution in [0.3, 0.4) is 0 Å². The van der Waals surface area contributed by atoms with Crippen molar-refractivity contribution >= 4 is 17.4 Å². The second kappa shape index (κ2) is 11.1. The summed E-state index contributed by atoms with van der Waals surface area (Å²) < 4.78 is 1.56. The van der Waals surface area contributed by atoms with Crippen molar-refractivity contribution in [3.8, 4) is 11.3 Å². The maximum atomic E-state index is 13.0. The van der Waals surface area contributed by atoms with Crippen LogP contribution < -0.4 is 16.6 Å². The molecule has 1 fully saturated rings. The van der Waals surface area contributed by atoms with Crippen molar-refractivity contribution in [2.75, 3.05) is 20.1 Å². The Balaban J connectivity index is 1.55. The lowest BCUT2D eigenvalue weighted by Gasteiger charge is -2.16. The number of aryl methyl sites for hydroxylation is 1. The lowest BCUT2D eigenvalue weighted by molar-refractivity contribution is -0.127. The zero-order valence-corrected chi connectivity index (χ0v) is 20.5. The molecule has 0 unspecified atom stereocenters. The first-order valence-electron chi connectivity index (χ1n) is 11.9. The molecule has 3 heterocycles. The number of hydrogen-bond donors (Lipinski definition) is 2. The van der Waals surface area contributed by atoms with E-state index in [2.05, 4.69) is 15.3 Å². The molecular weight excluding hydrogens is 456 g/mol. The lowest BCUT2D eigenvalue weighted by atomic mass is 10.1. The minimum Gasteiger partial charge on any atom is -0.398 e. The molecule has 36 heavy (non-hydrogen) atoms. The van der Waals surface area contributed by atoms with Gasteiger partial charge < -0.3 is 20.5 Å². The fourth-order valence-electron chi connectivity index (χ4n) is 4.16. The van der Waals surface area contributed by atoms with Crippen molar-refractivity contribution in [2.45, 2.75) is 32.9 Å². The van der Waals surface area contributed by atoms with Gasteiger partial charge in [0, 0.05) is 62.2 Å². The Hall–Kier alpha value is -4.11. The standard InChI is InChI=1S/C27H30N6O3/c1-18-27(24(34)14-22(28)20-7-5-19(6-8-20)15-29-2)31-23(16-30-18)21-9-10-26(36)33(17-21)13-12-32-11-3-4-25(32)35/h5-10,14,16-17,29H,3-4,11-13,15,28H2,1-2H3. The summed E-state index contributed by atoms with van der Waals surface area (Å²) in [5.41, 5.74) is 10.0. The number of nitrogens with zero attached hydrogens (tertiary/aromatic N) is 4. The molecule has 9 heteroatoms. The molecule has 0 aliphatic carbocycles. The van der Waals surface area contributed by atoms with Gasteiger partial charge in [0.1, 0.15) is 5.69 Å². The van der Waals surface area contributed by atoms with Crippen LogP contribution in [-0.2, 0) is 17.9 Å². The van der Waals surface area contributed by atoms with Gasteiger partial charge in [-0.05, 0) is 37.6 Å². The molecule has 3 aromatic rings. The van der Waals surface area contributed by atoms with E-state index < -0.39 is 0 Å². The molecule has 0 atom stereocenters. The Morgan fingerprint density at radius 2 is 1.92 bits per heavy atom. The van der Waals surface area contributed by atoms with E-state index in [0.717, 1.165) is 30.6 Å². The van der Waals surface area contributed by atoms with Gasteiger partial charge in [-0.3, -0.25) is 19.4 Å². The van der Waals surface area contributed by atoms with Gasteiger partial charge in [0.05, 0.1) is 17.6 Å². The van der Waals surface area contributed by atoms with E-state index in [4.69, 9.17) is 5.73 Å². The van der Waals surface area contributed by atoms with Crippen LogP contribution in [0.25, 0.3) is 17.0 Å². The average molecular weight is 487 g/mol. The van der Waals surface area contributed by atoms with Crippen LogP contribution in [0, 0.1) is 6.92 Å². The van der Waals surface area contributed by atoms with Gasteiger partial charge in [0.2, 0.25) is 11.7 Å². The van der Waals surface area contributed by atoms with Gasteiger partial charge in [-0.15, -0.1) is 0 Å². The Morgan fingerprint density at radius 1 is 1.14 bits per heavy atom. The number of pyridine rings is 1. The molecule has 1 aromatic carbocycles. The Morgan fingerprint density at radius 3 is 2.61 bits per heavy atom. The Kier molecular flexibility index (Phi) is 7.70. The third kappa shape index (κ3) is 5.75. The van der Waals surface area contributed by atoms with Crippen LogP contribution in [-0.4, -0.2) is 51.3 Å². The number of likely N-dealkylation sites (tertiary alicyclic amines) is 1. The highest BCUT2D eigenvalue weighted by molar-refractivity contribution is 6.07. The maximum absolute atomic E-state index is 13.0. The monoisotopic (exact) mass is 486 g/mol. The van der Waals surface area contributed by atoms with Crippen LogP contribution in [0.5, 0.6) is 0 Å². The van der Waals surface area contributed by atoms with E-state index in [1.54, 1.807) is 34.9 Å². The lowest BCUT2D eigenvalue weighted by Crippen LogP contribution is -2.31. The van der Waals surface area contributed by atoms with Gasteiger partial charge in [-0.1, -0.05) is 24.3 Å². The highest BCUT2D eigenvalue weighted by Gasteiger charge is 2.20. The highest BCUT2D eigenvalue weighted by Crippen LogP contribution is 2.18. The van der Waals surface area contributed by atoms with Crippen molar-refractivity contribution in [1.82, 2.24) is 24.8 Å². The topological polar surface area (TPSA) is 123 Å². The molecule has 3 N–H and O–H groups in total. The fourth-order valence-corrected chi connectivity index (χ4v) is 4.16. The first-order valence-corrected chi connectivity index (χ1v) is 11.9. The summed E-state index contributed by atoms with van der Waals surface area (Å²) >= 11 is 0. The molecule has 0 radical (unpaired) electrons. The van der Waals surface area contributed by atoms with Crippen LogP contribution >= 0.6 is 0 Å². The van der Waals surface area contributed by atoms with E-state index >= 15 is 0 Å². The van der Waals surface area contributed by atoms with E-state index in [0.29, 0.717) is 42.2 Å². The molecule has 186 valence electrons. The number of rotatable bonds is 9. The van der Waals surface area contributed by atoms with Crippen LogP contribution in [0.1, 0.15) is 40.2 Å². The van der Waals surface area contributed by atoms with Gasteiger partial charge in [0.25, 0.3) is 5.56 Å². The molecule has 1 saturated heterocycles. The van der Waals surface area contributed by atoms with Crippen molar-refractivity contribution in [3.63, 3.8) is 0 Å². The average Bonchev–Trinajstić information content (AvgIpc) is 3.29. The zero-order valence-electron chi connectivity index (χ0n) is 20.5. The van der Waals surface area contributed by atoms with Gasteiger partial charge in [-0.2, -0.15) is 0 Å². The summed E-state index contributed by atoms with van der Waals surface area (Å²) in [5, 5.41) is 3.09. The quantitative estimate of drug-likeness (QED) is 0.351. The highest BCUT2D eigenvalue weighted by atomic mass is 16.2. The van der Waals surface area contributed by atoms with Crippen molar-refractivity contribution in [3.05, 3.63) is 87.7 Å². The zero-order chi connectivity index (χ0) is 25.7. The normalized spacial score (nSPS) is 13.9. The number of carbonyl (C=O) groups excluding carboxylic acids is 2. The number of ketones is 1. The predicted octanol–water partition coefficient (Wildman–Crippen LogP) is 2.14. The fraction of sp³-hybridized carbons (Fsp3) is 0.296. The SMILES string of the molecule is CNCc1ccc(C(N)=CC(=O)c2nc(-c3ccc(=O)n(CCN4CCCC4=O)c3)cnc2C)cc1. The molecule has 9 nitrogen and oxygen atoms in total. The summed E-state index contributed by atoms with van der Waals surface area (Å²) in [6, 6.07) is 10.8. The number of aromatic nitrogens is 3. The smallest absolute Gasteiger partial charge is 0.250 e. The number of allylic oxidation sites excluding steroid dienone is 1.